The molecule has 2 N–H and O–H groups in total. The molecule has 0 unspecified atom stereocenters. The molecule has 10 heteroatoms. The third-order valence-electron chi connectivity index (χ3n) is 3.48. The van der Waals surface area contributed by atoms with Crippen LogP contribution in [0.5, 0.6) is 0 Å². The number of thiazole rings is 1. The van der Waals surface area contributed by atoms with E-state index >= 15 is 0 Å². The quantitative estimate of drug-likeness (QED) is 0.664. The molecule has 0 atom stereocenters. The number of carbonyl (C=O) groups excluding carboxylic acids is 2. The van der Waals surface area contributed by atoms with Crippen molar-refractivity contribution in [2.45, 2.75) is 39.0 Å². The summed E-state index contributed by atoms with van der Waals surface area (Å²) >= 11 is 1.09. The lowest BCUT2D eigenvalue weighted by Gasteiger charge is -2.19. The molecule has 2 rings (SSSR count). The first-order chi connectivity index (χ1) is 13.5. The number of amides is 2. The highest BCUT2D eigenvalue weighted by molar-refractivity contribution is 7.13. The van der Waals surface area contributed by atoms with E-state index in [4.69, 9.17) is 4.74 Å². The topological polar surface area (TPSA) is 80.3 Å². The van der Waals surface area contributed by atoms with Crippen LogP contribution in [0.25, 0.3) is 10.6 Å². The lowest BCUT2D eigenvalue weighted by Crippen LogP contribution is -2.34. The molecule has 2 amide bonds. The maximum absolute atomic E-state index is 12.8. The van der Waals surface area contributed by atoms with Gasteiger partial charge in [-0.3, -0.25) is 4.79 Å². The first-order valence-electron chi connectivity index (χ1n) is 8.84. The van der Waals surface area contributed by atoms with Gasteiger partial charge in [0.15, 0.2) is 0 Å². The van der Waals surface area contributed by atoms with Crippen molar-refractivity contribution in [1.82, 2.24) is 15.6 Å². The van der Waals surface area contributed by atoms with Crippen molar-refractivity contribution >= 4 is 23.3 Å². The number of nitrogens with zero attached hydrogens (tertiary/aromatic N) is 1. The van der Waals surface area contributed by atoms with Crippen LogP contribution in [-0.4, -0.2) is 35.7 Å². The molecule has 0 spiro atoms. The summed E-state index contributed by atoms with van der Waals surface area (Å²) in [6.45, 7) is 5.89. The number of hydrogen-bond acceptors (Lipinski definition) is 5. The second-order valence-electron chi connectivity index (χ2n) is 7.15. The molecule has 29 heavy (non-hydrogen) atoms. The largest absolute Gasteiger partial charge is 0.444 e. The molecule has 0 aliphatic carbocycles. The van der Waals surface area contributed by atoms with Crippen LogP contribution in [0.4, 0.5) is 18.0 Å². The Morgan fingerprint density at radius 2 is 1.83 bits per heavy atom. The zero-order valence-corrected chi connectivity index (χ0v) is 17.0. The predicted molar refractivity (Wildman–Crippen MR) is 104 cm³/mol. The van der Waals surface area contributed by atoms with Gasteiger partial charge in [0.1, 0.15) is 16.3 Å². The van der Waals surface area contributed by atoms with E-state index in [1.54, 1.807) is 20.8 Å². The number of aromatic nitrogens is 1. The number of rotatable bonds is 6. The molecular weight excluding hydrogens is 407 g/mol. The first kappa shape index (κ1) is 22.7. The first-order valence-corrected chi connectivity index (χ1v) is 9.72. The van der Waals surface area contributed by atoms with Crippen molar-refractivity contribution < 1.29 is 27.5 Å². The Labute approximate surface area is 170 Å². The summed E-state index contributed by atoms with van der Waals surface area (Å²) < 4.78 is 43.6. The van der Waals surface area contributed by atoms with Gasteiger partial charge in [0.05, 0.1) is 5.56 Å². The number of carbonyl (C=O) groups is 2. The number of nitrogens with one attached hydrogen (secondary N) is 2. The average molecular weight is 429 g/mol. The summed E-state index contributed by atoms with van der Waals surface area (Å²) in [7, 11) is 0. The normalized spacial score (nSPS) is 11.8. The Morgan fingerprint density at radius 3 is 2.48 bits per heavy atom. The molecule has 0 radical (unpaired) electrons. The van der Waals surface area contributed by atoms with E-state index in [9.17, 15) is 22.8 Å². The highest BCUT2D eigenvalue weighted by Crippen LogP contribution is 2.33. The Balaban J connectivity index is 1.83. The van der Waals surface area contributed by atoms with Crippen molar-refractivity contribution in [2.75, 3.05) is 13.1 Å². The minimum atomic E-state index is -4.44. The molecule has 2 aromatic rings. The van der Waals surface area contributed by atoms with Crippen LogP contribution in [-0.2, 0) is 10.9 Å². The smallest absolute Gasteiger partial charge is 0.416 e. The number of benzene rings is 1. The van der Waals surface area contributed by atoms with Crippen LogP contribution in [0.1, 0.15) is 43.2 Å². The SMILES string of the molecule is CC(C)(C)OC(=O)NCCCNC(=O)c1csc(-c2cccc(C(F)(F)F)c2)n1. The molecule has 1 aromatic heterocycles. The highest BCUT2D eigenvalue weighted by Gasteiger charge is 2.30. The monoisotopic (exact) mass is 429 g/mol. The van der Waals surface area contributed by atoms with Crippen molar-refractivity contribution in [2.24, 2.45) is 0 Å². The van der Waals surface area contributed by atoms with Crippen LogP contribution < -0.4 is 10.6 Å². The molecule has 0 aliphatic rings. The van der Waals surface area contributed by atoms with Crippen molar-refractivity contribution in [3.8, 4) is 10.6 Å². The summed E-state index contributed by atoms with van der Waals surface area (Å²) in [5.41, 5.74) is -0.929. The van der Waals surface area contributed by atoms with Crippen molar-refractivity contribution in [1.29, 1.82) is 0 Å². The number of halogens is 3. The molecule has 0 saturated carbocycles. The molecule has 1 aromatic carbocycles. The molecule has 0 saturated heterocycles. The Hall–Kier alpha value is -2.62. The minimum absolute atomic E-state index is 0.127. The van der Waals surface area contributed by atoms with Crippen LogP contribution in [0.2, 0.25) is 0 Å². The Bertz CT molecular complexity index is 860. The zero-order chi connectivity index (χ0) is 21.7. The Morgan fingerprint density at radius 1 is 1.14 bits per heavy atom. The van der Waals surface area contributed by atoms with E-state index in [1.165, 1.54) is 17.5 Å². The summed E-state index contributed by atoms with van der Waals surface area (Å²) in [4.78, 5) is 27.8. The zero-order valence-electron chi connectivity index (χ0n) is 16.2. The van der Waals surface area contributed by atoms with E-state index < -0.39 is 29.3 Å². The van der Waals surface area contributed by atoms with Gasteiger partial charge in [0.25, 0.3) is 5.91 Å². The van der Waals surface area contributed by atoms with Crippen molar-refractivity contribution in [3.63, 3.8) is 0 Å². The molecule has 1 heterocycles. The minimum Gasteiger partial charge on any atom is -0.444 e. The number of alkyl carbamates (subject to hydrolysis) is 1. The lowest BCUT2D eigenvalue weighted by molar-refractivity contribution is -0.137. The van der Waals surface area contributed by atoms with Gasteiger partial charge in [-0.05, 0) is 39.3 Å². The van der Waals surface area contributed by atoms with Gasteiger partial charge >= 0.3 is 12.3 Å². The molecule has 0 fully saturated rings. The number of alkyl halides is 3. The van der Waals surface area contributed by atoms with Gasteiger partial charge in [-0.1, -0.05) is 12.1 Å². The maximum atomic E-state index is 12.8. The fourth-order valence-corrected chi connectivity index (χ4v) is 3.02. The van der Waals surface area contributed by atoms with Gasteiger partial charge in [-0.2, -0.15) is 13.2 Å². The maximum Gasteiger partial charge on any atom is 0.416 e. The van der Waals surface area contributed by atoms with Crippen LogP contribution in [0.3, 0.4) is 0 Å². The van der Waals surface area contributed by atoms with E-state index in [-0.39, 0.29) is 5.69 Å². The van der Waals surface area contributed by atoms with Crippen LogP contribution in [0.15, 0.2) is 29.6 Å². The van der Waals surface area contributed by atoms with Gasteiger partial charge < -0.3 is 15.4 Å². The van der Waals surface area contributed by atoms with Crippen LogP contribution >= 0.6 is 11.3 Å². The van der Waals surface area contributed by atoms with E-state index in [1.807, 2.05) is 0 Å². The fourth-order valence-electron chi connectivity index (χ4n) is 2.22. The summed E-state index contributed by atoms with van der Waals surface area (Å²) in [5.74, 6) is -0.434. The lowest BCUT2D eigenvalue weighted by atomic mass is 10.1. The molecule has 0 aliphatic heterocycles. The number of ether oxygens (including phenoxy) is 1. The number of hydrogen-bond donors (Lipinski definition) is 2. The van der Waals surface area contributed by atoms with Gasteiger partial charge in [0, 0.05) is 24.0 Å². The molecular formula is C19H22F3N3O3S. The van der Waals surface area contributed by atoms with Gasteiger partial charge in [-0.25, -0.2) is 9.78 Å². The summed E-state index contributed by atoms with van der Waals surface area (Å²) in [5, 5.41) is 7.05. The highest BCUT2D eigenvalue weighted by atomic mass is 32.1. The molecule has 0 bridgehead atoms. The van der Waals surface area contributed by atoms with E-state index in [0.717, 1.165) is 23.5 Å². The fraction of sp³-hybridized carbons (Fsp3) is 0.421. The third-order valence-corrected chi connectivity index (χ3v) is 4.37. The molecule has 158 valence electrons. The second kappa shape index (κ2) is 9.25. The predicted octanol–water partition coefficient (Wildman–Crippen LogP) is 4.47. The standard InChI is InChI=1S/C19H22F3N3O3S/c1-18(2,3)28-17(27)24-9-5-8-23-15(26)14-11-29-16(25-14)12-6-4-7-13(10-12)19(20,21)22/h4,6-7,10-11H,5,8-9H2,1-3H3,(H,23,26)(H,24,27). The van der Waals surface area contributed by atoms with Gasteiger partial charge in [0.2, 0.25) is 0 Å². The average Bonchev–Trinajstić information content (AvgIpc) is 3.09. The summed E-state index contributed by atoms with van der Waals surface area (Å²) in [6, 6.07) is 4.80. The van der Waals surface area contributed by atoms with Gasteiger partial charge in [-0.15, -0.1) is 11.3 Å². The Kier molecular flexibility index (Phi) is 7.23. The van der Waals surface area contributed by atoms with Crippen molar-refractivity contribution in [3.05, 3.63) is 40.9 Å². The van der Waals surface area contributed by atoms with E-state index in [2.05, 4.69) is 15.6 Å². The summed E-state index contributed by atoms with van der Waals surface area (Å²) in [6.07, 6.45) is -4.50. The third kappa shape index (κ3) is 7.37. The molecule has 6 nitrogen and oxygen atoms in total. The van der Waals surface area contributed by atoms with Crippen LogP contribution in [0, 0.1) is 0 Å². The second-order valence-corrected chi connectivity index (χ2v) is 8.01. The van der Waals surface area contributed by atoms with E-state index in [0.29, 0.717) is 30.1 Å².